The van der Waals surface area contributed by atoms with Crippen LogP contribution in [0, 0.1) is 6.92 Å². The molecule has 2 rings (SSSR count). The predicted octanol–water partition coefficient (Wildman–Crippen LogP) is 0.545. The molecule has 0 radical (unpaired) electrons. The number of aliphatic carboxylic acids is 1. The van der Waals surface area contributed by atoms with E-state index in [0.29, 0.717) is 17.5 Å². The van der Waals surface area contributed by atoms with Gasteiger partial charge in [0.15, 0.2) is 11.0 Å². The minimum atomic E-state index is -0.858. The average molecular weight is 267 g/mol. The number of hydrogen-bond donors (Lipinski definition) is 1. The van der Waals surface area contributed by atoms with E-state index in [1.807, 2.05) is 17.7 Å². The van der Waals surface area contributed by atoms with Gasteiger partial charge in [-0.25, -0.2) is 9.97 Å². The lowest BCUT2D eigenvalue weighted by Crippen LogP contribution is -2.05. The fourth-order valence-electron chi connectivity index (χ4n) is 1.49. The van der Waals surface area contributed by atoms with E-state index in [-0.39, 0.29) is 5.75 Å². The van der Waals surface area contributed by atoms with Crippen LogP contribution in [0.2, 0.25) is 0 Å². The minimum Gasteiger partial charge on any atom is -0.481 e. The molecule has 8 heteroatoms. The zero-order valence-electron chi connectivity index (χ0n) is 10.1. The minimum absolute atomic E-state index is 0.00784. The van der Waals surface area contributed by atoms with Gasteiger partial charge in [-0.1, -0.05) is 11.8 Å². The van der Waals surface area contributed by atoms with Gasteiger partial charge in [0.2, 0.25) is 0 Å². The second-order valence-electron chi connectivity index (χ2n) is 3.81. The molecule has 96 valence electrons. The molecule has 0 saturated heterocycles. The number of thioether (sulfide) groups is 1. The van der Waals surface area contributed by atoms with Crippen molar-refractivity contribution in [1.82, 2.24) is 24.3 Å². The molecule has 2 aromatic rings. The molecule has 18 heavy (non-hydrogen) atoms. The summed E-state index contributed by atoms with van der Waals surface area (Å²) in [5.74, 6) is -0.193. The Morgan fingerprint density at radius 2 is 2.33 bits per heavy atom. The number of nitrogens with zero attached hydrogens (tertiary/aromatic N) is 5. The van der Waals surface area contributed by atoms with Crippen molar-refractivity contribution in [3.8, 4) is 0 Å². The molecule has 7 nitrogen and oxygen atoms in total. The molecule has 0 aromatic carbocycles. The Morgan fingerprint density at radius 3 is 2.94 bits per heavy atom. The SMILES string of the molecule is Cc1cn(Cc2ncn(C)n2)c(SCC(=O)O)n1. The molecule has 0 aliphatic heterocycles. The molecule has 0 atom stereocenters. The van der Waals surface area contributed by atoms with Crippen molar-refractivity contribution in [3.63, 3.8) is 0 Å². The Bertz CT molecular complexity index is 562. The van der Waals surface area contributed by atoms with E-state index < -0.39 is 5.97 Å². The Labute approximate surface area is 108 Å². The molecule has 0 bridgehead atoms. The van der Waals surface area contributed by atoms with Crippen LogP contribution in [0.15, 0.2) is 17.7 Å². The zero-order chi connectivity index (χ0) is 13.1. The molecule has 0 amide bonds. The second kappa shape index (κ2) is 5.21. The van der Waals surface area contributed by atoms with E-state index in [4.69, 9.17) is 5.11 Å². The largest absolute Gasteiger partial charge is 0.481 e. The molecular weight excluding hydrogens is 254 g/mol. The summed E-state index contributed by atoms with van der Waals surface area (Å²) in [6, 6.07) is 0. The van der Waals surface area contributed by atoms with Gasteiger partial charge in [-0.15, -0.1) is 0 Å². The van der Waals surface area contributed by atoms with Crippen LogP contribution in [0.25, 0.3) is 0 Å². The van der Waals surface area contributed by atoms with Crippen molar-refractivity contribution in [2.24, 2.45) is 7.05 Å². The fraction of sp³-hybridized carbons (Fsp3) is 0.400. The van der Waals surface area contributed by atoms with E-state index in [9.17, 15) is 4.79 Å². The summed E-state index contributed by atoms with van der Waals surface area (Å²) in [6.07, 6.45) is 3.49. The van der Waals surface area contributed by atoms with Gasteiger partial charge in [-0.2, -0.15) is 5.10 Å². The Hall–Kier alpha value is -1.83. The lowest BCUT2D eigenvalue weighted by molar-refractivity contribution is -0.133. The average Bonchev–Trinajstić information content (AvgIpc) is 2.83. The smallest absolute Gasteiger partial charge is 0.313 e. The highest BCUT2D eigenvalue weighted by molar-refractivity contribution is 7.99. The molecule has 0 aliphatic rings. The number of carboxylic acids is 1. The number of aryl methyl sites for hydroxylation is 2. The van der Waals surface area contributed by atoms with Crippen LogP contribution < -0.4 is 0 Å². The number of carboxylic acid groups (broad SMARTS) is 1. The summed E-state index contributed by atoms with van der Waals surface area (Å²) in [5.41, 5.74) is 0.846. The lowest BCUT2D eigenvalue weighted by Gasteiger charge is -2.03. The number of hydrogen-bond acceptors (Lipinski definition) is 5. The normalized spacial score (nSPS) is 10.8. The monoisotopic (exact) mass is 267 g/mol. The highest BCUT2D eigenvalue weighted by Crippen LogP contribution is 2.18. The molecule has 2 aromatic heterocycles. The van der Waals surface area contributed by atoms with E-state index in [1.54, 1.807) is 18.1 Å². The number of imidazole rings is 1. The van der Waals surface area contributed by atoms with Crippen molar-refractivity contribution in [2.45, 2.75) is 18.6 Å². The van der Waals surface area contributed by atoms with Crippen molar-refractivity contribution >= 4 is 17.7 Å². The first kappa shape index (κ1) is 12.6. The van der Waals surface area contributed by atoms with Gasteiger partial charge in [-0.3, -0.25) is 9.48 Å². The van der Waals surface area contributed by atoms with Crippen LogP contribution in [0.3, 0.4) is 0 Å². The molecule has 0 aliphatic carbocycles. The third kappa shape index (κ3) is 3.10. The van der Waals surface area contributed by atoms with Gasteiger partial charge in [0, 0.05) is 13.2 Å². The van der Waals surface area contributed by atoms with Crippen LogP contribution in [-0.2, 0) is 18.4 Å². The second-order valence-corrected chi connectivity index (χ2v) is 4.75. The molecular formula is C10H13N5O2S. The Kier molecular flexibility index (Phi) is 3.66. The van der Waals surface area contributed by atoms with Gasteiger partial charge in [0.25, 0.3) is 0 Å². The highest BCUT2D eigenvalue weighted by Gasteiger charge is 2.10. The van der Waals surface area contributed by atoms with Gasteiger partial charge in [-0.05, 0) is 6.92 Å². The summed E-state index contributed by atoms with van der Waals surface area (Å²) >= 11 is 1.19. The van der Waals surface area contributed by atoms with Gasteiger partial charge < -0.3 is 9.67 Å². The summed E-state index contributed by atoms with van der Waals surface area (Å²) in [6.45, 7) is 2.36. The van der Waals surface area contributed by atoms with Gasteiger partial charge in [0.1, 0.15) is 6.33 Å². The number of rotatable bonds is 5. The number of carbonyl (C=O) groups is 1. The van der Waals surface area contributed by atoms with Crippen molar-refractivity contribution in [2.75, 3.05) is 5.75 Å². The first-order valence-corrected chi connectivity index (χ1v) is 6.26. The fourth-order valence-corrected chi connectivity index (χ4v) is 2.23. The van der Waals surface area contributed by atoms with E-state index in [2.05, 4.69) is 15.1 Å². The summed E-state index contributed by atoms with van der Waals surface area (Å²) < 4.78 is 3.49. The van der Waals surface area contributed by atoms with Crippen LogP contribution in [0.1, 0.15) is 11.5 Å². The van der Waals surface area contributed by atoms with Crippen LogP contribution in [0.5, 0.6) is 0 Å². The van der Waals surface area contributed by atoms with E-state index in [0.717, 1.165) is 5.69 Å². The predicted molar refractivity (Wildman–Crippen MR) is 65.4 cm³/mol. The quantitative estimate of drug-likeness (QED) is 0.796. The topological polar surface area (TPSA) is 85.8 Å². The van der Waals surface area contributed by atoms with Crippen LogP contribution in [0.4, 0.5) is 0 Å². The highest BCUT2D eigenvalue weighted by atomic mass is 32.2. The first-order chi connectivity index (χ1) is 8.54. The zero-order valence-corrected chi connectivity index (χ0v) is 10.9. The standard InChI is InChI=1S/C10H13N5O2S/c1-7-3-15(4-8-11-6-14(2)13-8)10(12-7)18-5-9(16)17/h3,6H,4-5H2,1-2H3,(H,16,17). The van der Waals surface area contributed by atoms with Gasteiger partial charge in [0.05, 0.1) is 18.0 Å². The first-order valence-electron chi connectivity index (χ1n) is 5.27. The maximum atomic E-state index is 10.6. The molecule has 0 unspecified atom stereocenters. The summed E-state index contributed by atoms with van der Waals surface area (Å²) in [4.78, 5) is 19.0. The van der Waals surface area contributed by atoms with Gasteiger partial charge >= 0.3 is 5.97 Å². The molecule has 0 fully saturated rings. The van der Waals surface area contributed by atoms with Crippen LogP contribution >= 0.6 is 11.8 Å². The Morgan fingerprint density at radius 1 is 1.56 bits per heavy atom. The van der Waals surface area contributed by atoms with Crippen LogP contribution in [-0.4, -0.2) is 41.1 Å². The third-order valence-corrected chi connectivity index (χ3v) is 3.12. The molecule has 2 heterocycles. The van der Waals surface area contributed by atoms with Crippen molar-refractivity contribution in [1.29, 1.82) is 0 Å². The number of aromatic nitrogens is 5. The lowest BCUT2D eigenvalue weighted by atomic mass is 10.5. The maximum absolute atomic E-state index is 10.6. The summed E-state index contributed by atoms with van der Waals surface area (Å²) in [5, 5.41) is 13.5. The molecule has 0 spiro atoms. The Balaban J connectivity index is 2.14. The molecule has 1 N–H and O–H groups in total. The maximum Gasteiger partial charge on any atom is 0.313 e. The van der Waals surface area contributed by atoms with E-state index in [1.165, 1.54) is 11.8 Å². The van der Waals surface area contributed by atoms with Crippen molar-refractivity contribution < 1.29 is 9.90 Å². The van der Waals surface area contributed by atoms with Crippen molar-refractivity contribution in [3.05, 3.63) is 24.0 Å². The molecule has 0 saturated carbocycles. The summed E-state index contributed by atoms with van der Waals surface area (Å²) in [7, 11) is 1.80. The third-order valence-electron chi connectivity index (χ3n) is 2.14. The van der Waals surface area contributed by atoms with E-state index >= 15 is 0 Å².